The standard InChI is InChI=1S/C13H18ClN3O3/c1-4-20-12(18)10-9(3)11(14)16-13(15-10)17-5-6-19-7-8(17)2/h8H,4-7H2,1-3H3/t8-/m0/s1. The number of halogens is 1. The van der Waals surface area contributed by atoms with Crippen LogP contribution in [0.15, 0.2) is 0 Å². The van der Waals surface area contributed by atoms with Crippen LogP contribution in [0, 0.1) is 6.92 Å². The van der Waals surface area contributed by atoms with Gasteiger partial charge >= 0.3 is 5.97 Å². The Balaban J connectivity index is 2.37. The van der Waals surface area contributed by atoms with Gasteiger partial charge in [-0.2, -0.15) is 0 Å². The molecule has 0 aliphatic carbocycles. The summed E-state index contributed by atoms with van der Waals surface area (Å²) >= 11 is 6.11. The highest BCUT2D eigenvalue weighted by atomic mass is 35.5. The van der Waals surface area contributed by atoms with Crippen LogP contribution in [0.2, 0.25) is 5.15 Å². The van der Waals surface area contributed by atoms with Crippen LogP contribution in [-0.2, 0) is 9.47 Å². The number of morpholine rings is 1. The highest BCUT2D eigenvalue weighted by Gasteiger charge is 2.25. The van der Waals surface area contributed by atoms with Gasteiger partial charge in [0.25, 0.3) is 0 Å². The number of carbonyl (C=O) groups excluding carboxylic acids is 1. The van der Waals surface area contributed by atoms with E-state index >= 15 is 0 Å². The second-order valence-electron chi connectivity index (χ2n) is 4.63. The number of carbonyl (C=O) groups is 1. The number of hydrogen-bond donors (Lipinski definition) is 0. The number of anilines is 1. The first-order chi connectivity index (χ1) is 9.54. The summed E-state index contributed by atoms with van der Waals surface area (Å²) in [7, 11) is 0. The summed E-state index contributed by atoms with van der Waals surface area (Å²) in [6.45, 7) is 7.64. The predicted octanol–water partition coefficient (Wildman–Crippen LogP) is 1.84. The van der Waals surface area contributed by atoms with Gasteiger partial charge in [-0.05, 0) is 20.8 Å². The molecule has 1 fully saturated rings. The average molecular weight is 300 g/mol. The molecule has 110 valence electrons. The van der Waals surface area contributed by atoms with Gasteiger partial charge in [0.1, 0.15) is 5.15 Å². The summed E-state index contributed by atoms with van der Waals surface area (Å²) in [6, 6.07) is 0.137. The second-order valence-corrected chi connectivity index (χ2v) is 4.98. The van der Waals surface area contributed by atoms with E-state index in [2.05, 4.69) is 9.97 Å². The third-order valence-electron chi connectivity index (χ3n) is 3.17. The molecule has 0 saturated carbocycles. The minimum Gasteiger partial charge on any atom is -0.461 e. The molecular weight excluding hydrogens is 282 g/mol. The molecule has 1 aliphatic heterocycles. The highest BCUT2D eigenvalue weighted by Crippen LogP contribution is 2.22. The summed E-state index contributed by atoms with van der Waals surface area (Å²) in [4.78, 5) is 22.5. The first-order valence-electron chi connectivity index (χ1n) is 6.60. The van der Waals surface area contributed by atoms with Crippen LogP contribution >= 0.6 is 11.6 Å². The Morgan fingerprint density at radius 1 is 1.55 bits per heavy atom. The van der Waals surface area contributed by atoms with Crippen LogP contribution in [0.4, 0.5) is 5.95 Å². The first kappa shape index (κ1) is 15.0. The van der Waals surface area contributed by atoms with Crippen molar-refractivity contribution in [2.45, 2.75) is 26.8 Å². The highest BCUT2D eigenvalue weighted by molar-refractivity contribution is 6.30. The Bertz CT molecular complexity index is 510. The fourth-order valence-corrected chi connectivity index (χ4v) is 2.19. The van der Waals surface area contributed by atoms with E-state index in [4.69, 9.17) is 21.1 Å². The third-order valence-corrected chi connectivity index (χ3v) is 3.54. The lowest BCUT2D eigenvalue weighted by Crippen LogP contribution is -2.44. The van der Waals surface area contributed by atoms with Crippen molar-refractivity contribution in [1.29, 1.82) is 0 Å². The molecule has 0 spiro atoms. The Hall–Kier alpha value is -1.40. The van der Waals surface area contributed by atoms with Crippen LogP contribution in [0.25, 0.3) is 0 Å². The van der Waals surface area contributed by atoms with E-state index in [1.165, 1.54) is 0 Å². The van der Waals surface area contributed by atoms with Crippen LogP contribution < -0.4 is 4.90 Å². The Labute approximate surface area is 123 Å². The van der Waals surface area contributed by atoms with Gasteiger partial charge in [0.2, 0.25) is 5.95 Å². The second kappa shape index (κ2) is 6.37. The quantitative estimate of drug-likeness (QED) is 0.627. The Kier molecular flexibility index (Phi) is 4.77. The normalized spacial score (nSPS) is 19.0. The molecule has 1 aromatic rings. The van der Waals surface area contributed by atoms with E-state index < -0.39 is 5.97 Å². The fraction of sp³-hybridized carbons (Fsp3) is 0.615. The van der Waals surface area contributed by atoms with Crippen molar-refractivity contribution in [3.8, 4) is 0 Å². The van der Waals surface area contributed by atoms with Gasteiger partial charge in [-0.15, -0.1) is 0 Å². The largest absolute Gasteiger partial charge is 0.461 e. The van der Waals surface area contributed by atoms with Crippen LogP contribution in [0.1, 0.15) is 29.9 Å². The Morgan fingerprint density at radius 2 is 2.30 bits per heavy atom. The minimum atomic E-state index is -0.475. The van der Waals surface area contributed by atoms with Gasteiger partial charge < -0.3 is 14.4 Å². The number of rotatable bonds is 3. The summed E-state index contributed by atoms with van der Waals surface area (Å²) in [5, 5.41) is 0.275. The summed E-state index contributed by atoms with van der Waals surface area (Å²) in [5.41, 5.74) is 0.760. The molecule has 1 saturated heterocycles. The van der Waals surface area contributed by atoms with Gasteiger partial charge in [0.15, 0.2) is 5.69 Å². The van der Waals surface area contributed by atoms with E-state index in [1.807, 2.05) is 11.8 Å². The molecule has 0 unspecified atom stereocenters. The van der Waals surface area contributed by atoms with Crippen molar-refractivity contribution < 1.29 is 14.3 Å². The van der Waals surface area contributed by atoms with Crippen molar-refractivity contribution in [3.05, 3.63) is 16.4 Å². The van der Waals surface area contributed by atoms with Crippen LogP contribution in [-0.4, -0.2) is 48.3 Å². The van der Waals surface area contributed by atoms with Crippen molar-refractivity contribution in [3.63, 3.8) is 0 Å². The van der Waals surface area contributed by atoms with Crippen LogP contribution in [0.3, 0.4) is 0 Å². The number of ether oxygens (including phenoxy) is 2. The van der Waals surface area contributed by atoms with E-state index in [-0.39, 0.29) is 16.9 Å². The van der Waals surface area contributed by atoms with E-state index in [1.54, 1.807) is 13.8 Å². The summed E-state index contributed by atoms with van der Waals surface area (Å²) in [6.07, 6.45) is 0. The third kappa shape index (κ3) is 3.02. The van der Waals surface area contributed by atoms with Gasteiger partial charge in [-0.3, -0.25) is 0 Å². The lowest BCUT2D eigenvalue weighted by atomic mass is 10.2. The molecule has 0 N–H and O–H groups in total. The van der Waals surface area contributed by atoms with Crippen molar-refractivity contribution in [1.82, 2.24) is 9.97 Å². The Morgan fingerprint density at radius 3 is 2.95 bits per heavy atom. The van der Waals surface area contributed by atoms with E-state index in [9.17, 15) is 4.79 Å². The molecule has 0 bridgehead atoms. The zero-order valence-corrected chi connectivity index (χ0v) is 12.6. The number of hydrogen-bond acceptors (Lipinski definition) is 6. The van der Waals surface area contributed by atoms with Crippen molar-refractivity contribution >= 4 is 23.5 Å². The number of nitrogens with zero attached hydrogens (tertiary/aromatic N) is 3. The molecule has 2 rings (SSSR count). The van der Waals surface area contributed by atoms with Gasteiger partial charge in [-0.1, -0.05) is 11.6 Å². The topological polar surface area (TPSA) is 64.5 Å². The molecule has 0 aromatic carbocycles. The summed E-state index contributed by atoms with van der Waals surface area (Å²) < 4.78 is 10.4. The zero-order valence-electron chi connectivity index (χ0n) is 11.9. The van der Waals surface area contributed by atoms with Crippen molar-refractivity contribution in [2.24, 2.45) is 0 Å². The molecule has 7 heteroatoms. The minimum absolute atomic E-state index is 0.137. The fourth-order valence-electron chi connectivity index (χ4n) is 2.03. The van der Waals surface area contributed by atoms with Crippen LogP contribution in [0.5, 0.6) is 0 Å². The van der Waals surface area contributed by atoms with Gasteiger partial charge in [-0.25, -0.2) is 14.8 Å². The maximum Gasteiger partial charge on any atom is 0.357 e. The number of esters is 1. The average Bonchev–Trinajstić information content (AvgIpc) is 2.42. The first-order valence-corrected chi connectivity index (χ1v) is 6.98. The monoisotopic (exact) mass is 299 g/mol. The molecule has 6 nitrogen and oxygen atoms in total. The molecular formula is C13H18ClN3O3. The number of aromatic nitrogens is 2. The maximum absolute atomic E-state index is 11.9. The molecule has 0 radical (unpaired) electrons. The smallest absolute Gasteiger partial charge is 0.357 e. The molecule has 2 heterocycles. The van der Waals surface area contributed by atoms with Crippen molar-refractivity contribution in [2.75, 3.05) is 31.3 Å². The molecule has 20 heavy (non-hydrogen) atoms. The SMILES string of the molecule is CCOC(=O)c1nc(N2CCOC[C@@H]2C)nc(Cl)c1C. The molecule has 1 aliphatic rings. The molecule has 1 aromatic heterocycles. The lowest BCUT2D eigenvalue weighted by Gasteiger charge is -2.33. The lowest BCUT2D eigenvalue weighted by molar-refractivity contribution is 0.0518. The predicted molar refractivity (Wildman–Crippen MR) is 75.4 cm³/mol. The van der Waals surface area contributed by atoms with Gasteiger partial charge in [0, 0.05) is 12.1 Å². The van der Waals surface area contributed by atoms with E-state index in [0.29, 0.717) is 37.9 Å². The molecule has 0 amide bonds. The van der Waals surface area contributed by atoms with E-state index in [0.717, 1.165) is 0 Å². The summed E-state index contributed by atoms with van der Waals surface area (Å²) in [5.74, 6) is -0.0316. The zero-order chi connectivity index (χ0) is 14.7. The van der Waals surface area contributed by atoms with Gasteiger partial charge in [0.05, 0.1) is 25.9 Å². The molecule has 1 atom stereocenters. The maximum atomic E-state index is 11.9.